The summed E-state index contributed by atoms with van der Waals surface area (Å²) in [6.45, 7) is 5.13. The maximum atomic E-state index is 8.55. The Morgan fingerprint density at radius 2 is 2.29 bits per heavy atom. The van der Waals surface area contributed by atoms with E-state index in [-0.39, 0.29) is 6.10 Å². The van der Waals surface area contributed by atoms with Gasteiger partial charge in [0.1, 0.15) is 0 Å². The van der Waals surface area contributed by atoms with Crippen molar-refractivity contribution in [3.63, 3.8) is 0 Å². The fourth-order valence-corrected chi connectivity index (χ4v) is 0.239. The number of allylic oxidation sites excluding steroid dienone is 2. The molecule has 0 radical (unpaired) electrons. The zero-order chi connectivity index (χ0) is 5.70. The van der Waals surface area contributed by atoms with E-state index in [1.807, 2.05) is 0 Å². The van der Waals surface area contributed by atoms with Crippen molar-refractivity contribution in [3.05, 3.63) is 24.8 Å². The van der Waals surface area contributed by atoms with Gasteiger partial charge in [-0.3, -0.25) is 0 Å². The summed E-state index contributed by atoms with van der Waals surface area (Å²) in [5.41, 5.74) is 0. The smallest absolute Gasteiger partial charge is 0.0695 e. The lowest BCUT2D eigenvalue weighted by Crippen LogP contribution is -1.90. The lowest BCUT2D eigenvalue weighted by atomic mass is 10.3. The Kier molecular flexibility index (Phi) is 3.33. The van der Waals surface area contributed by atoms with Gasteiger partial charge in [0, 0.05) is 0 Å². The van der Waals surface area contributed by atoms with Crippen LogP contribution in [0.4, 0.5) is 0 Å². The molecule has 0 heterocycles. The number of rotatable bonds is 2. The van der Waals surface area contributed by atoms with Crippen LogP contribution in [0.25, 0.3) is 0 Å². The van der Waals surface area contributed by atoms with E-state index < -0.39 is 0 Å². The Hall–Kier alpha value is -0.560. The first kappa shape index (κ1) is 6.44. The van der Waals surface area contributed by atoms with E-state index in [0.29, 0.717) is 0 Å². The van der Waals surface area contributed by atoms with Crippen molar-refractivity contribution < 1.29 is 5.11 Å². The van der Waals surface area contributed by atoms with E-state index in [9.17, 15) is 0 Å². The molecule has 40 valence electrons. The van der Waals surface area contributed by atoms with E-state index in [1.54, 1.807) is 25.2 Å². The molecule has 0 saturated heterocycles. The summed E-state index contributed by atoms with van der Waals surface area (Å²) in [7, 11) is 0. The normalized spacial score (nSPS) is 14.6. The Balaban J connectivity index is 3.25. The molecule has 0 aliphatic rings. The highest BCUT2D eigenvalue weighted by atomic mass is 16.3. The first-order valence-electron chi connectivity index (χ1n) is 2.24. The Morgan fingerprint density at radius 1 is 1.71 bits per heavy atom. The molecule has 0 rings (SSSR count). The average Bonchev–Trinajstić information content (AvgIpc) is 1.61. The molecule has 0 spiro atoms. The van der Waals surface area contributed by atoms with Crippen molar-refractivity contribution in [2.24, 2.45) is 0 Å². The van der Waals surface area contributed by atoms with Crippen molar-refractivity contribution in [1.29, 1.82) is 0 Å². The second kappa shape index (κ2) is 3.62. The van der Waals surface area contributed by atoms with Crippen molar-refractivity contribution in [2.45, 2.75) is 13.0 Å². The molecule has 0 fully saturated rings. The molecule has 0 bridgehead atoms. The van der Waals surface area contributed by atoms with E-state index in [0.717, 1.165) is 0 Å². The van der Waals surface area contributed by atoms with Gasteiger partial charge >= 0.3 is 0 Å². The monoisotopic (exact) mass is 98.1 g/mol. The van der Waals surface area contributed by atoms with Gasteiger partial charge in [0.25, 0.3) is 0 Å². The molecular weight excluding hydrogens is 88.1 g/mol. The third kappa shape index (κ3) is 5.44. The molecule has 7 heavy (non-hydrogen) atoms. The summed E-state index contributed by atoms with van der Waals surface area (Å²) in [4.78, 5) is 0. The van der Waals surface area contributed by atoms with Crippen LogP contribution in [0.2, 0.25) is 0 Å². The molecule has 1 unspecified atom stereocenters. The molecule has 1 nitrogen and oxygen atoms in total. The summed E-state index contributed by atoms with van der Waals surface area (Å²) in [6.07, 6.45) is 4.66. The standard InChI is InChI=1S/C6H10O/c1-3-4-5-6(2)7/h3-7H,1H2,2H3/b5-4+. The van der Waals surface area contributed by atoms with Gasteiger partial charge in [0.15, 0.2) is 0 Å². The minimum absolute atomic E-state index is 0.349. The molecule has 0 saturated carbocycles. The van der Waals surface area contributed by atoms with Gasteiger partial charge < -0.3 is 5.11 Å². The fourth-order valence-electron chi connectivity index (χ4n) is 0.239. The molecule has 0 aromatic carbocycles. The second-order valence-corrected chi connectivity index (χ2v) is 1.36. The van der Waals surface area contributed by atoms with Crippen molar-refractivity contribution in [2.75, 3.05) is 0 Å². The Morgan fingerprint density at radius 3 is 2.43 bits per heavy atom. The van der Waals surface area contributed by atoms with E-state index in [4.69, 9.17) is 5.11 Å². The molecule has 1 heteroatoms. The molecule has 0 aliphatic carbocycles. The molecule has 0 aromatic heterocycles. The highest BCUT2D eigenvalue weighted by Crippen LogP contribution is 1.80. The van der Waals surface area contributed by atoms with Crippen LogP contribution in [0.15, 0.2) is 24.8 Å². The number of aliphatic hydroxyl groups excluding tert-OH is 1. The minimum Gasteiger partial charge on any atom is -0.389 e. The van der Waals surface area contributed by atoms with Crippen LogP contribution < -0.4 is 0 Å². The van der Waals surface area contributed by atoms with Crippen LogP contribution in [-0.2, 0) is 0 Å². The third-order valence-electron chi connectivity index (χ3n) is 0.526. The molecule has 0 aliphatic heterocycles. The third-order valence-corrected chi connectivity index (χ3v) is 0.526. The molecular formula is C6H10O. The maximum Gasteiger partial charge on any atom is 0.0695 e. The highest BCUT2D eigenvalue weighted by Gasteiger charge is 1.78. The van der Waals surface area contributed by atoms with Gasteiger partial charge in [0.2, 0.25) is 0 Å². The first-order valence-corrected chi connectivity index (χ1v) is 2.24. The van der Waals surface area contributed by atoms with Gasteiger partial charge in [-0.15, -0.1) is 0 Å². The average molecular weight is 98.1 g/mol. The van der Waals surface area contributed by atoms with Crippen molar-refractivity contribution in [1.82, 2.24) is 0 Å². The Bertz CT molecular complexity index is 72.2. The van der Waals surface area contributed by atoms with Gasteiger partial charge in [-0.05, 0) is 6.92 Å². The molecule has 0 aromatic rings. The SMILES string of the molecule is C=C/C=C/C(C)O. The van der Waals surface area contributed by atoms with Crippen molar-refractivity contribution in [3.8, 4) is 0 Å². The van der Waals surface area contributed by atoms with Gasteiger partial charge in [-0.2, -0.15) is 0 Å². The van der Waals surface area contributed by atoms with Gasteiger partial charge in [-0.1, -0.05) is 24.8 Å². The summed E-state index contributed by atoms with van der Waals surface area (Å²) >= 11 is 0. The van der Waals surface area contributed by atoms with Crippen LogP contribution >= 0.6 is 0 Å². The number of hydrogen-bond donors (Lipinski definition) is 1. The molecule has 1 N–H and O–H groups in total. The summed E-state index contributed by atoms with van der Waals surface area (Å²) in [6, 6.07) is 0. The molecule has 1 atom stereocenters. The number of hydrogen-bond acceptors (Lipinski definition) is 1. The first-order chi connectivity index (χ1) is 3.27. The second-order valence-electron chi connectivity index (χ2n) is 1.36. The van der Waals surface area contributed by atoms with Crippen LogP contribution in [-0.4, -0.2) is 11.2 Å². The van der Waals surface area contributed by atoms with E-state index in [2.05, 4.69) is 6.58 Å². The quantitative estimate of drug-likeness (QED) is 0.513. The number of aliphatic hydroxyl groups is 1. The topological polar surface area (TPSA) is 20.2 Å². The largest absolute Gasteiger partial charge is 0.389 e. The van der Waals surface area contributed by atoms with Crippen LogP contribution in [0.3, 0.4) is 0 Å². The van der Waals surface area contributed by atoms with Crippen LogP contribution in [0.1, 0.15) is 6.92 Å². The zero-order valence-corrected chi connectivity index (χ0v) is 4.46. The lowest BCUT2D eigenvalue weighted by molar-refractivity contribution is 0.244. The van der Waals surface area contributed by atoms with Crippen LogP contribution in [0.5, 0.6) is 0 Å². The predicted octanol–water partition coefficient (Wildman–Crippen LogP) is 1.11. The maximum absolute atomic E-state index is 8.55. The van der Waals surface area contributed by atoms with Gasteiger partial charge in [-0.25, -0.2) is 0 Å². The summed E-state index contributed by atoms with van der Waals surface area (Å²) in [5.74, 6) is 0. The zero-order valence-electron chi connectivity index (χ0n) is 4.46. The molecule has 0 amide bonds. The van der Waals surface area contributed by atoms with Gasteiger partial charge in [0.05, 0.1) is 6.10 Å². The van der Waals surface area contributed by atoms with E-state index in [1.165, 1.54) is 0 Å². The van der Waals surface area contributed by atoms with E-state index >= 15 is 0 Å². The minimum atomic E-state index is -0.349. The highest BCUT2D eigenvalue weighted by molar-refractivity contribution is 4.99. The fraction of sp³-hybridized carbons (Fsp3) is 0.333. The van der Waals surface area contributed by atoms with Crippen LogP contribution in [0, 0.1) is 0 Å². The lowest BCUT2D eigenvalue weighted by Gasteiger charge is -1.87. The van der Waals surface area contributed by atoms with Crippen molar-refractivity contribution >= 4 is 0 Å². The predicted molar refractivity (Wildman–Crippen MR) is 31.0 cm³/mol. The summed E-state index contributed by atoms with van der Waals surface area (Å²) in [5, 5.41) is 8.55. The summed E-state index contributed by atoms with van der Waals surface area (Å²) < 4.78 is 0. The Labute approximate surface area is 44.0 Å².